The number of nitrogens with zero attached hydrogens (tertiary/aromatic N) is 4. The van der Waals surface area contributed by atoms with Crippen LogP contribution < -0.4 is 5.32 Å². The molecule has 6 heteroatoms. The van der Waals surface area contributed by atoms with Crippen LogP contribution in [0, 0.1) is 0 Å². The summed E-state index contributed by atoms with van der Waals surface area (Å²) in [5.41, 5.74) is 1.08. The predicted molar refractivity (Wildman–Crippen MR) is 71.4 cm³/mol. The van der Waals surface area contributed by atoms with Gasteiger partial charge in [0.05, 0.1) is 0 Å². The molecule has 0 amide bonds. The molecule has 2 heterocycles. The fourth-order valence-electron chi connectivity index (χ4n) is 2.31. The Morgan fingerprint density at radius 2 is 2.29 bits per heavy atom. The number of hydrogen-bond acceptors (Lipinski definition) is 6. The average molecular weight is 255 g/mol. The largest absolute Gasteiger partial charge is 0.377 e. The summed E-state index contributed by atoms with van der Waals surface area (Å²) in [5.74, 6) is 0. The molecule has 1 aromatic rings. The summed E-state index contributed by atoms with van der Waals surface area (Å²) in [6.45, 7) is 6.57. The van der Waals surface area contributed by atoms with Gasteiger partial charge >= 0.3 is 0 Å². The fourth-order valence-corrected chi connectivity index (χ4v) is 2.83. The Morgan fingerprint density at radius 3 is 3.00 bits per heavy atom. The van der Waals surface area contributed by atoms with E-state index in [0.717, 1.165) is 36.9 Å². The van der Waals surface area contributed by atoms with Crippen molar-refractivity contribution >= 4 is 16.5 Å². The molecular formula is C11H21N5S. The highest BCUT2D eigenvalue weighted by Crippen LogP contribution is 2.20. The molecule has 0 bridgehead atoms. The van der Waals surface area contributed by atoms with E-state index in [4.69, 9.17) is 0 Å². The molecule has 5 nitrogen and oxygen atoms in total. The molecule has 0 aromatic carbocycles. The Balaban J connectivity index is 1.95. The van der Waals surface area contributed by atoms with Crippen LogP contribution in [0.15, 0.2) is 0 Å². The van der Waals surface area contributed by atoms with Gasteiger partial charge in [-0.2, -0.15) is 0 Å². The first-order valence-electron chi connectivity index (χ1n) is 6.16. The lowest BCUT2D eigenvalue weighted by Crippen LogP contribution is -2.50. The molecule has 1 unspecified atom stereocenters. The van der Waals surface area contributed by atoms with Gasteiger partial charge in [0.25, 0.3) is 0 Å². The summed E-state index contributed by atoms with van der Waals surface area (Å²) in [4.78, 5) is 4.93. The number of likely N-dealkylation sites (N-methyl/N-ethyl adjacent to an activating group) is 1. The lowest BCUT2D eigenvalue weighted by atomic mass is 10.1. The third-order valence-electron chi connectivity index (χ3n) is 3.49. The van der Waals surface area contributed by atoms with Gasteiger partial charge in [0.1, 0.15) is 10.7 Å². The quantitative estimate of drug-likeness (QED) is 0.873. The van der Waals surface area contributed by atoms with E-state index < -0.39 is 0 Å². The SMILES string of the molecule is CCC1CN(Cc2nnsc2NC)CCN1C. The number of anilines is 1. The molecular weight excluding hydrogens is 234 g/mol. The summed E-state index contributed by atoms with van der Waals surface area (Å²) in [5, 5.41) is 8.45. The van der Waals surface area contributed by atoms with Gasteiger partial charge in [-0.15, -0.1) is 5.10 Å². The number of aromatic nitrogens is 2. The van der Waals surface area contributed by atoms with Crippen LogP contribution in [0.2, 0.25) is 0 Å². The Hall–Kier alpha value is -0.720. The molecule has 1 aromatic heterocycles. The minimum Gasteiger partial charge on any atom is -0.377 e. The summed E-state index contributed by atoms with van der Waals surface area (Å²) < 4.78 is 4.00. The van der Waals surface area contributed by atoms with Gasteiger partial charge in [0, 0.05) is 50.8 Å². The zero-order valence-corrected chi connectivity index (χ0v) is 11.6. The maximum Gasteiger partial charge on any atom is 0.134 e. The van der Waals surface area contributed by atoms with Gasteiger partial charge in [-0.3, -0.25) is 4.90 Å². The number of piperazine rings is 1. The second kappa shape index (κ2) is 5.75. The number of hydrogen-bond donors (Lipinski definition) is 1. The Labute approximate surface area is 107 Å². The average Bonchev–Trinajstić information content (AvgIpc) is 2.79. The highest BCUT2D eigenvalue weighted by Gasteiger charge is 2.23. The molecule has 0 radical (unpaired) electrons. The Bertz CT molecular complexity index is 353. The van der Waals surface area contributed by atoms with Crippen LogP contribution in [0.4, 0.5) is 5.00 Å². The van der Waals surface area contributed by atoms with Gasteiger partial charge < -0.3 is 10.2 Å². The van der Waals surface area contributed by atoms with Crippen molar-refractivity contribution in [2.75, 3.05) is 39.0 Å². The van der Waals surface area contributed by atoms with Crippen LogP contribution in [0.25, 0.3) is 0 Å². The molecule has 2 rings (SSSR count). The third kappa shape index (κ3) is 2.94. The van der Waals surface area contributed by atoms with E-state index in [0.29, 0.717) is 6.04 Å². The number of rotatable bonds is 4. The lowest BCUT2D eigenvalue weighted by molar-refractivity contribution is 0.0876. The molecule has 17 heavy (non-hydrogen) atoms. The van der Waals surface area contributed by atoms with Crippen molar-refractivity contribution in [1.29, 1.82) is 0 Å². The van der Waals surface area contributed by atoms with Crippen molar-refractivity contribution in [3.8, 4) is 0 Å². The van der Waals surface area contributed by atoms with Crippen LogP contribution in [-0.2, 0) is 6.54 Å². The number of nitrogens with one attached hydrogen (secondary N) is 1. The van der Waals surface area contributed by atoms with Crippen LogP contribution in [0.3, 0.4) is 0 Å². The minimum atomic E-state index is 0.674. The molecule has 96 valence electrons. The normalized spacial score (nSPS) is 22.9. The van der Waals surface area contributed by atoms with Crippen molar-refractivity contribution in [1.82, 2.24) is 19.4 Å². The summed E-state index contributed by atoms with van der Waals surface area (Å²) in [6, 6.07) is 0.674. The standard InChI is InChI=1S/C11H21N5S/c1-4-9-7-16(6-5-15(9)3)8-10-11(12-2)17-14-13-10/h9,12H,4-8H2,1-3H3. The van der Waals surface area contributed by atoms with Crippen molar-refractivity contribution in [2.45, 2.75) is 25.9 Å². The Morgan fingerprint density at radius 1 is 1.47 bits per heavy atom. The van der Waals surface area contributed by atoms with Crippen LogP contribution in [0.1, 0.15) is 19.0 Å². The van der Waals surface area contributed by atoms with Crippen molar-refractivity contribution in [3.05, 3.63) is 5.69 Å². The van der Waals surface area contributed by atoms with E-state index in [2.05, 4.69) is 38.7 Å². The molecule has 1 atom stereocenters. The van der Waals surface area contributed by atoms with Gasteiger partial charge in [-0.05, 0) is 13.5 Å². The van der Waals surface area contributed by atoms with E-state index in [1.165, 1.54) is 18.0 Å². The molecule has 0 aliphatic carbocycles. The third-order valence-corrected chi connectivity index (χ3v) is 4.27. The highest BCUT2D eigenvalue weighted by molar-refractivity contribution is 7.10. The second-order valence-corrected chi connectivity index (χ2v) is 5.33. The highest BCUT2D eigenvalue weighted by atomic mass is 32.1. The molecule has 1 N–H and O–H groups in total. The first kappa shape index (κ1) is 12.7. The molecule has 1 aliphatic rings. The monoisotopic (exact) mass is 255 g/mol. The predicted octanol–water partition coefficient (Wildman–Crippen LogP) is 1.11. The first-order chi connectivity index (χ1) is 8.24. The van der Waals surface area contributed by atoms with E-state index in [-0.39, 0.29) is 0 Å². The molecule has 0 saturated carbocycles. The molecule has 0 spiro atoms. The van der Waals surface area contributed by atoms with Crippen molar-refractivity contribution in [2.24, 2.45) is 0 Å². The van der Waals surface area contributed by atoms with Crippen molar-refractivity contribution < 1.29 is 0 Å². The smallest absolute Gasteiger partial charge is 0.134 e. The zero-order chi connectivity index (χ0) is 12.3. The second-order valence-electron chi connectivity index (χ2n) is 4.58. The van der Waals surface area contributed by atoms with Gasteiger partial charge in [-0.1, -0.05) is 11.4 Å². The summed E-state index contributed by atoms with van der Waals surface area (Å²) in [7, 11) is 4.15. The van der Waals surface area contributed by atoms with E-state index >= 15 is 0 Å². The van der Waals surface area contributed by atoms with E-state index in [1.54, 1.807) is 0 Å². The molecule has 1 fully saturated rings. The van der Waals surface area contributed by atoms with Gasteiger partial charge in [-0.25, -0.2) is 0 Å². The van der Waals surface area contributed by atoms with E-state index in [9.17, 15) is 0 Å². The fraction of sp³-hybridized carbons (Fsp3) is 0.818. The van der Waals surface area contributed by atoms with Crippen molar-refractivity contribution in [3.63, 3.8) is 0 Å². The van der Waals surface area contributed by atoms with Crippen LogP contribution in [-0.4, -0.2) is 59.2 Å². The minimum absolute atomic E-state index is 0.674. The maximum atomic E-state index is 4.20. The maximum absolute atomic E-state index is 4.20. The van der Waals surface area contributed by atoms with Crippen LogP contribution in [0.5, 0.6) is 0 Å². The summed E-state index contributed by atoms with van der Waals surface area (Å²) >= 11 is 1.44. The molecule has 1 aliphatic heterocycles. The van der Waals surface area contributed by atoms with Gasteiger partial charge in [0.2, 0.25) is 0 Å². The van der Waals surface area contributed by atoms with Crippen LogP contribution >= 0.6 is 11.5 Å². The van der Waals surface area contributed by atoms with Gasteiger partial charge in [0.15, 0.2) is 0 Å². The molecule has 1 saturated heterocycles. The van der Waals surface area contributed by atoms with E-state index in [1.807, 2.05) is 7.05 Å². The summed E-state index contributed by atoms with van der Waals surface area (Å²) in [6.07, 6.45) is 1.21. The lowest BCUT2D eigenvalue weighted by Gasteiger charge is -2.38. The Kier molecular flexibility index (Phi) is 4.31. The first-order valence-corrected chi connectivity index (χ1v) is 6.93. The topological polar surface area (TPSA) is 44.3 Å². The zero-order valence-electron chi connectivity index (χ0n) is 10.8.